The highest BCUT2D eigenvalue weighted by molar-refractivity contribution is 5.80. The Bertz CT molecular complexity index is 569. The summed E-state index contributed by atoms with van der Waals surface area (Å²) in [6.07, 6.45) is 2.77. The third kappa shape index (κ3) is 4.61. The zero-order valence-corrected chi connectivity index (χ0v) is 11.9. The first-order valence-corrected chi connectivity index (χ1v) is 6.79. The molecule has 0 saturated heterocycles. The van der Waals surface area contributed by atoms with Gasteiger partial charge in [-0.05, 0) is 18.6 Å². The van der Waals surface area contributed by atoms with E-state index in [1.54, 1.807) is 18.5 Å². The number of imidazole rings is 1. The number of nitrogens with one attached hydrogen (secondary N) is 2. The summed E-state index contributed by atoms with van der Waals surface area (Å²) < 4.78 is 5.44. The van der Waals surface area contributed by atoms with Crippen molar-refractivity contribution in [3.8, 4) is 5.75 Å². The van der Waals surface area contributed by atoms with E-state index in [9.17, 15) is 9.90 Å². The summed E-state index contributed by atoms with van der Waals surface area (Å²) in [5.74, 6) is 1.01. The number of aromatic nitrogens is 2. The molecule has 112 valence electrons. The molecule has 0 radical (unpaired) electrons. The van der Waals surface area contributed by atoms with E-state index < -0.39 is 12.0 Å². The Morgan fingerprint density at radius 3 is 3.00 bits per heavy atom. The maximum absolute atomic E-state index is 11.7. The van der Waals surface area contributed by atoms with Gasteiger partial charge in [0.2, 0.25) is 0 Å². The fourth-order valence-electron chi connectivity index (χ4n) is 1.82. The van der Waals surface area contributed by atoms with Crippen LogP contribution in [-0.4, -0.2) is 40.2 Å². The van der Waals surface area contributed by atoms with Crippen molar-refractivity contribution in [3.63, 3.8) is 0 Å². The van der Waals surface area contributed by atoms with Crippen molar-refractivity contribution in [2.45, 2.75) is 19.4 Å². The average Bonchev–Trinajstić information content (AvgIpc) is 2.99. The van der Waals surface area contributed by atoms with Crippen LogP contribution in [0.4, 0.5) is 0 Å². The van der Waals surface area contributed by atoms with E-state index in [0.29, 0.717) is 18.7 Å². The van der Waals surface area contributed by atoms with Crippen LogP contribution in [0.3, 0.4) is 0 Å². The number of nitrogens with zero attached hydrogens (tertiary/aromatic N) is 1. The molecule has 2 rings (SSSR count). The molecule has 0 bridgehead atoms. The molecule has 0 aliphatic carbocycles. The molecule has 1 amide bonds. The van der Waals surface area contributed by atoms with Crippen molar-refractivity contribution in [1.29, 1.82) is 0 Å². The molecule has 2 aromatic rings. The predicted octanol–water partition coefficient (Wildman–Crippen LogP) is 0.817. The molecular weight excluding hydrogens is 270 g/mol. The van der Waals surface area contributed by atoms with E-state index in [1.165, 1.54) is 0 Å². The fourth-order valence-corrected chi connectivity index (χ4v) is 1.82. The topological polar surface area (TPSA) is 87.2 Å². The van der Waals surface area contributed by atoms with Gasteiger partial charge in [-0.15, -0.1) is 0 Å². The highest BCUT2D eigenvalue weighted by atomic mass is 16.5. The van der Waals surface area contributed by atoms with Crippen LogP contribution in [0.2, 0.25) is 0 Å². The lowest BCUT2D eigenvalue weighted by atomic mass is 10.2. The first-order chi connectivity index (χ1) is 10.2. The Balaban J connectivity index is 1.71. The first kappa shape index (κ1) is 15.1. The van der Waals surface area contributed by atoms with E-state index >= 15 is 0 Å². The fraction of sp³-hybridized carbons (Fsp3) is 0.333. The minimum Gasteiger partial charge on any atom is -0.490 e. The number of hydrogen-bond donors (Lipinski definition) is 3. The van der Waals surface area contributed by atoms with Crippen LogP contribution in [0.5, 0.6) is 5.75 Å². The second-order valence-electron chi connectivity index (χ2n) is 4.67. The Labute approximate surface area is 123 Å². The number of carbonyl (C=O) groups is 1. The van der Waals surface area contributed by atoms with Crippen LogP contribution >= 0.6 is 0 Å². The number of amides is 1. The summed E-state index contributed by atoms with van der Waals surface area (Å²) in [4.78, 5) is 18.7. The summed E-state index contributed by atoms with van der Waals surface area (Å²) in [7, 11) is 0. The Morgan fingerprint density at radius 1 is 1.48 bits per heavy atom. The van der Waals surface area contributed by atoms with Crippen molar-refractivity contribution >= 4 is 5.91 Å². The third-order valence-electron chi connectivity index (χ3n) is 3.01. The van der Waals surface area contributed by atoms with Gasteiger partial charge in [0.25, 0.3) is 5.91 Å². The number of aromatic amines is 1. The molecule has 0 saturated carbocycles. The summed E-state index contributed by atoms with van der Waals surface area (Å²) in [5, 5.41) is 12.4. The summed E-state index contributed by atoms with van der Waals surface area (Å²) >= 11 is 0. The Morgan fingerprint density at radius 2 is 2.29 bits per heavy atom. The minimum atomic E-state index is -1.19. The van der Waals surface area contributed by atoms with Gasteiger partial charge in [-0.3, -0.25) is 4.79 Å². The molecule has 6 heteroatoms. The van der Waals surface area contributed by atoms with Crippen LogP contribution in [0.25, 0.3) is 0 Å². The SMILES string of the molecule is Cc1ccccc1OC[C@@H](O)C(=O)NCCc1ncc[nH]1. The number of para-hydroxylation sites is 1. The monoisotopic (exact) mass is 289 g/mol. The molecule has 1 heterocycles. The van der Waals surface area contributed by atoms with Crippen LogP contribution in [0, 0.1) is 6.92 Å². The predicted molar refractivity (Wildman–Crippen MR) is 78.0 cm³/mol. The van der Waals surface area contributed by atoms with Crippen LogP contribution in [0.15, 0.2) is 36.7 Å². The van der Waals surface area contributed by atoms with Crippen molar-refractivity contribution in [3.05, 3.63) is 48.0 Å². The smallest absolute Gasteiger partial charge is 0.252 e. The van der Waals surface area contributed by atoms with Gasteiger partial charge in [0, 0.05) is 25.4 Å². The third-order valence-corrected chi connectivity index (χ3v) is 3.01. The first-order valence-electron chi connectivity index (χ1n) is 6.79. The van der Waals surface area contributed by atoms with Gasteiger partial charge in [0.05, 0.1) is 0 Å². The number of rotatable bonds is 7. The summed E-state index contributed by atoms with van der Waals surface area (Å²) in [6, 6.07) is 7.46. The maximum atomic E-state index is 11.7. The number of benzene rings is 1. The Hall–Kier alpha value is -2.34. The molecule has 1 aromatic carbocycles. The molecular formula is C15H19N3O3. The zero-order chi connectivity index (χ0) is 15.1. The lowest BCUT2D eigenvalue weighted by Crippen LogP contribution is -2.39. The van der Waals surface area contributed by atoms with Crippen molar-refractivity contribution in [1.82, 2.24) is 15.3 Å². The van der Waals surface area contributed by atoms with Crippen molar-refractivity contribution < 1.29 is 14.6 Å². The van der Waals surface area contributed by atoms with E-state index in [2.05, 4.69) is 15.3 Å². The van der Waals surface area contributed by atoms with Crippen LogP contribution in [-0.2, 0) is 11.2 Å². The molecule has 3 N–H and O–H groups in total. The number of aryl methyl sites for hydroxylation is 1. The van der Waals surface area contributed by atoms with Crippen molar-refractivity contribution in [2.24, 2.45) is 0 Å². The molecule has 0 aliphatic heterocycles. The lowest BCUT2D eigenvalue weighted by Gasteiger charge is -2.13. The van der Waals surface area contributed by atoms with E-state index in [0.717, 1.165) is 11.4 Å². The lowest BCUT2D eigenvalue weighted by molar-refractivity contribution is -0.130. The standard InChI is InChI=1S/C15H19N3O3/c1-11-4-2-3-5-13(11)21-10-12(19)15(20)18-7-6-14-16-8-9-17-14/h2-5,8-9,12,19H,6-7,10H2,1H3,(H,16,17)(H,18,20)/t12-/m1/s1. The quantitative estimate of drug-likeness (QED) is 0.704. The van der Waals surface area contributed by atoms with Gasteiger partial charge in [-0.2, -0.15) is 0 Å². The van der Waals surface area contributed by atoms with Crippen molar-refractivity contribution in [2.75, 3.05) is 13.2 Å². The molecule has 21 heavy (non-hydrogen) atoms. The summed E-state index contributed by atoms with van der Waals surface area (Å²) in [6.45, 7) is 2.25. The van der Waals surface area contributed by atoms with Crippen LogP contribution < -0.4 is 10.1 Å². The molecule has 1 atom stereocenters. The van der Waals surface area contributed by atoms with Crippen LogP contribution in [0.1, 0.15) is 11.4 Å². The van der Waals surface area contributed by atoms with Gasteiger partial charge in [0.1, 0.15) is 18.2 Å². The number of aliphatic hydroxyl groups excluding tert-OH is 1. The van der Waals surface area contributed by atoms with Gasteiger partial charge in [-0.1, -0.05) is 18.2 Å². The van der Waals surface area contributed by atoms with Gasteiger partial charge in [-0.25, -0.2) is 4.98 Å². The maximum Gasteiger partial charge on any atom is 0.252 e. The molecule has 6 nitrogen and oxygen atoms in total. The second kappa shape index (κ2) is 7.44. The summed E-state index contributed by atoms with van der Waals surface area (Å²) in [5.41, 5.74) is 0.961. The normalized spacial score (nSPS) is 11.9. The highest BCUT2D eigenvalue weighted by Crippen LogP contribution is 2.16. The molecule has 1 aromatic heterocycles. The largest absolute Gasteiger partial charge is 0.490 e. The van der Waals surface area contributed by atoms with E-state index in [4.69, 9.17) is 4.74 Å². The number of hydrogen-bond acceptors (Lipinski definition) is 4. The molecule has 0 spiro atoms. The van der Waals surface area contributed by atoms with E-state index in [-0.39, 0.29) is 6.61 Å². The molecule has 0 aliphatic rings. The van der Waals surface area contributed by atoms with Gasteiger partial charge >= 0.3 is 0 Å². The zero-order valence-electron chi connectivity index (χ0n) is 11.9. The van der Waals surface area contributed by atoms with E-state index in [1.807, 2.05) is 25.1 Å². The minimum absolute atomic E-state index is 0.0720. The number of aliphatic hydroxyl groups is 1. The Kier molecular flexibility index (Phi) is 5.34. The number of carbonyl (C=O) groups excluding carboxylic acids is 1. The van der Waals surface area contributed by atoms with Gasteiger partial charge < -0.3 is 20.1 Å². The molecule has 0 unspecified atom stereocenters. The number of ether oxygens (including phenoxy) is 1. The van der Waals surface area contributed by atoms with Gasteiger partial charge in [0.15, 0.2) is 6.10 Å². The number of H-pyrrole nitrogens is 1. The second-order valence-corrected chi connectivity index (χ2v) is 4.67. The average molecular weight is 289 g/mol. The highest BCUT2D eigenvalue weighted by Gasteiger charge is 2.15. The molecule has 0 fully saturated rings.